The molecule has 1 saturated heterocycles. The topological polar surface area (TPSA) is 169 Å². The molecular formula is C19H16F2N4O7S3. The van der Waals surface area contributed by atoms with Gasteiger partial charge in [-0.2, -0.15) is 0 Å². The molecule has 0 spiro atoms. The first-order valence-corrected chi connectivity index (χ1v) is 11.4. The van der Waals surface area contributed by atoms with Crippen LogP contribution in [0.5, 0.6) is 0 Å². The molecule has 186 valence electrons. The lowest BCUT2D eigenvalue weighted by atomic mass is 10.2. The third kappa shape index (κ3) is 6.56. The average molecular weight is 547 g/mol. The predicted octanol–water partition coefficient (Wildman–Crippen LogP) is 2.46. The van der Waals surface area contributed by atoms with E-state index < -0.39 is 42.1 Å². The van der Waals surface area contributed by atoms with Crippen LogP contribution in [0.3, 0.4) is 0 Å². The standard InChI is InChI=1S/C19H14F2N4O6S3.H2O/c1-2-31-16(29)13(14-15(28)25(6-12(26)27)19(32)34-14)11-7-33-18(23-11)24-17(30)22-10-4-3-8(20)5-9(10)21;/h3-5,7H,2,6H2,1H3,(H,26,27)(H2,22,23,24,30);1H2/b14-13+;. The Labute approximate surface area is 209 Å². The molecule has 2 heterocycles. The van der Waals surface area contributed by atoms with E-state index in [1.54, 1.807) is 6.92 Å². The Hall–Kier alpha value is -3.47. The maximum absolute atomic E-state index is 13.7. The highest BCUT2D eigenvalue weighted by Crippen LogP contribution is 2.38. The zero-order chi connectivity index (χ0) is 25.0. The second-order valence-electron chi connectivity index (χ2n) is 6.32. The van der Waals surface area contributed by atoms with Gasteiger partial charge in [-0.25, -0.2) is 23.4 Å². The van der Waals surface area contributed by atoms with Crippen LogP contribution in [0.4, 0.5) is 24.4 Å². The number of thioether (sulfide) groups is 1. The number of carbonyl (C=O) groups is 4. The van der Waals surface area contributed by atoms with Gasteiger partial charge in [0.1, 0.15) is 28.1 Å². The number of rotatable bonds is 7. The van der Waals surface area contributed by atoms with E-state index >= 15 is 0 Å². The van der Waals surface area contributed by atoms with Crippen LogP contribution in [0, 0.1) is 11.6 Å². The van der Waals surface area contributed by atoms with Crippen LogP contribution in [0.2, 0.25) is 0 Å². The number of thiazole rings is 1. The lowest BCUT2D eigenvalue weighted by Gasteiger charge is -2.11. The number of carboxylic acids is 1. The number of benzene rings is 1. The number of urea groups is 1. The number of nitrogens with one attached hydrogen (secondary N) is 2. The normalized spacial score (nSPS) is 14.3. The van der Waals surface area contributed by atoms with Crippen molar-refractivity contribution in [2.45, 2.75) is 6.92 Å². The summed E-state index contributed by atoms with van der Waals surface area (Å²) >= 11 is 6.67. The molecule has 1 aliphatic heterocycles. The van der Waals surface area contributed by atoms with Crippen LogP contribution < -0.4 is 10.6 Å². The molecule has 3 rings (SSSR count). The van der Waals surface area contributed by atoms with Crippen molar-refractivity contribution in [1.29, 1.82) is 0 Å². The number of hydrogen-bond acceptors (Lipinski definition) is 9. The van der Waals surface area contributed by atoms with Crippen molar-refractivity contribution >= 4 is 79.9 Å². The van der Waals surface area contributed by atoms with E-state index in [0.29, 0.717) is 6.07 Å². The van der Waals surface area contributed by atoms with Crippen molar-refractivity contribution in [2.24, 2.45) is 0 Å². The fourth-order valence-electron chi connectivity index (χ4n) is 2.63. The Kier molecular flexibility index (Phi) is 9.35. The molecule has 5 N–H and O–H groups in total. The molecule has 1 fully saturated rings. The van der Waals surface area contributed by atoms with Gasteiger partial charge in [0.2, 0.25) is 0 Å². The van der Waals surface area contributed by atoms with E-state index in [4.69, 9.17) is 22.1 Å². The maximum Gasteiger partial charge on any atom is 0.341 e. The van der Waals surface area contributed by atoms with Gasteiger partial charge in [-0.3, -0.25) is 19.8 Å². The summed E-state index contributed by atoms with van der Waals surface area (Å²) in [5.41, 5.74) is -0.547. The van der Waals surface area contributed by atoms with Gasteiger partial charge in [-0.05, 0) is 19.1 Å². The summed E-state index contributed by atoms with van der Waals surface area (Å²) in [7, 11) is 0. The van der Waals surface area contributed by atoms with Gasteiger partial charge in [0.25, 0.3) is 5.91 Å². The number of thiocarbonyl (C=S) groups is 1. The lowest BCUT2D eigenvalue weighted by molar-refractivity contribution is -0.140. The third-order valence-corrected chi connectivity index (χ3v) is 6.22. The van der Waals surface area contributed by atoms with Crippen molar-refractivity contribution in [3.63, 3.8) is 0 Å². The van der Waals surface area contributed by atoms with Crippen LogP contribution in [0.25, 0.3) is 5.57 Å². The van der Waals surface area contributed by atoms with Crippen molar-refractivity contribution < 1.29 is 43.3 Å². The Balaban J connectivity index is 0.00000432. The van der Waals surface area contributed by atoms with Gasteiger partial charge in [0.15, 0.2) is 5.13 Å². The highest BCUT2D eigenvalue weighted by Gasteiger charge is 2.38. The summed E-state index contributed by atoms with van der Waals surface area (Å²) in [4.78, 5) is 53.3. The van der Waals surface area contributed by atoms with Gasteiger partial charge < -0.3 is 20.6 Å². The van der Waals surface area contributed by atoms with Gasteiger partial charge in [-0.15, -0.1) is 11.3 Å². The molecule has 0 aliphatic carbocycles. The summed E-state index contributed by atoms with van der Waals surface area (Å²) in [6.07, 6.45) is 0. The Morgan fingerprint density at radius 1 is 1.26 bits per heavy atom. The van der Waals surface area contributed by atoms with Gasteiger partial charge in [0, 0.05) is 11.4 Å². The molecule has 0 radical (unpaired) electrons. The fraction of sp³-hybridized carbons (Fsp3) is 0.158. The van der Waals surface area contributed by atoms with E-state index in [0.717, 1.165) is 40.1 Å². The van der Waals surface area contributed by atoms with E-state index in [1.165, 1.54) is 5.38 Å². The number of aliphatic carboxylic acids is 1. The molecule has 3 amide bonds. The number of amides is 3. The second kappa shape index (κ2) is 11.8. The first kappa shape index (κ1) is 27.8. The number of halogens is 2. The minimum Gasteiger partial charge on any atom is -0.480 e. The van der Waals surface area contributed by atoms with E-state index in [1.807, 2.05) is 0 Å². The van der Waals surface area contributed by atoms with Crippen molar-refractivity contribution in [3.05, 3.63) is 45.8 Å². The summed E-state index contributed by atoms with van der Waals surface area (Å²) in [6.45, 7) is 0.852. The van der Waals surface area contributed by atoms with Crippen LogP contribution >= 0.6 is 35.3 Å². The highest BCUT2D eigenvalue weighted by molar-refractivity contribution is 8.26. The Bertz CT molecular complexity index is 1230. The molecule has 35 heavy (non-hydrogen) atoms. The molecule has 0 atom stereocenters. The van der Waals surface area contributed by atoms with Crippen LogP contribution in [0.15, 0.2) is 28.5 Å². The largest absolute Gasteiger partial charge is 0.480 e. The SMILES string of the molecule is CCOC(=O)/C(=C1/SC(=S)N(CC(=O)O)C1=O)c1csc(NC(=O)Nc2ccc(F)cc2F)n1.O. The summed E-state index contributed by atoms with van der Waals surface area (Å²) in [6, 6.07) is 1.71. The van der Waals surface area contributed by atoms with Crippen molar-refractivity contribution in [1.82, 2.24) is 9.88 Å². The molecule has 0 bridgehead atoms. The first-order valence-electron chi connectivity index (χ1n) is 9.26. The number of carboxylic acid groups (broad SMARTS) is 1. The molecule has 0 saturated carbocycles. The molecule has 16 heteroatoms. The predicted molar refractivity (Wildman–Crippen MR) is 128 cm³/mol. The van der Waals surface area contributed by atoms with Gasteiger partial charge >= 0.3 is 18.0 Å². The van der Waals surface area contributed by atoms with Crippen LogP contribution in [-0.4, -0.2) is 61.8 Å². The number of esters is 1. The molecular weight excluding hydrogens is 530 g/mol. The number of aromatic nitrogens is 1. The molecule has 1 aromatic heterocycles. The van der Waals surface area contributed by atoms with E-state index in [2.05, 4.69) is 15.6 Å². The van der Waals surface area contributed by atoms with E-state index in [-0.39, 0.29) is 43.4 Å². The average Bonchev–Trinajstić information content (AvgIpc) is 3.30. The number of carbonyl (C=O) groups excluding carboxylic acids is 3. The minimum atomic E-state index is -1.29. The maximum atomic E-state index is 13.7. The molecule has 1 aliphatic rings. The Morgan fingerprint density at radius 3 is 2.60 bits per heavy atom. The number of nitrogens with zero attached hydrogens (tertiary/aromatic N) is 2. The smallest absolute Gasteiger partial charge is 0.341 e. The Morgan fingerprint density at radius 2 is 1.97 bits per heavy atom. The summed E-state index contributed by atoms with van der Waals surface area (Å²) < 4.78 is 31.7. The quantitative estimate of drug-likeness (QED) is 0.268. The lowest BCUT2D eigenvalue weighted by Crippen LogP contribution is -2.33. The van der Waals surface area contributed by atoms with E-state index in [9.17, 15) is 28.0 Å². The monoisotopic (exact) mass is 546 g/mol. The highest BCUT2D eigenvalue weighted by atomic mass is 32.2. The van der Waals surface area contributed by atoms with Gasteiger partial charge in [-0.1, -0.05) is 24.0 Å². The molecule has 0 unspecified atom stereocenters. The van der Waals surface area contributed by atoms with Crippen molar-refractivity contribution in [2.75, 3.05) is 23.8 Å². The zero-order valence-corrected chi connectivity index (χ0v) is 20.0. The fourth-order valence-corrected chi connectivity index (χ4v) is 4.64. The second-order valence-corrected chi connectivity index (χ2v) is 8.82. The van der Waals surface area contributed by atoms with Crippen LogP contribution in [-0.2, 0) is 19.1 Å². The zero-order valence-electron chi connectivity index (χ0n) is 17.6. The molecule has 2 aromatic rings. The van der Waals surface area contributed by atoms with Crippen LogP contribution in [0.1, 0.15) is 12.6 Å². The minimum absolute atomic E-state index is 0. The first-order chi connectivity index (χ1) is 16.1. The number of anilines is 2. The number of ether oxygens (including phenoxy) is 1. The molecule has 1 aromatic carbocycles. The molecule has 11 nitrogen and oxygen atoms in total. The van der Waals surface area contributed by atoms with Gasteiger partial charge in [0.05, 0.1) is 22.9 Å². The third-order valence-electron chi connectivity index (χ3n) is 4.01. The summed E-state index contributed by atoms with van der Waals surface area (Å²) in [5.74, 6) is -4.78. The van der Waals surface area contributed by atoms with Crippen molar-refractivity contribution in [3.8, 4) is 0 Å². The summed E-state index contributed by atoms with van der Waals surface area (Å²) in [5, 5.41) is 14.9. The number of hydrogen-bond donors (Lipinski definition) is 3.